The monoisotopic (exact) mass is 364 g/mol. The van der Waals surface area contributed by atoms with E-state index in [-0.39, 0.29) is 0 Å². The second kappa shape index (κ2) is 11.6. The quantitative estimate of drug-likeness (QED) is 0.393. The zero-order valence-electron chi connectivity index (χ0n) is 17.5. The van der Waals surface area contributed by atoms with Crippen LogP contribution in [0, 0.1) is 0 Å². The summed E-state index contributed by atoms with van der Waals surface area (Å²) in [5.41, 5.74) is 1.09. The molecule has 0 aliphatic rings. The van der Waals surface area contributed by atoms with Crippen molar-refractivity contribution in [2.45, 2.75) is 39.3 Å². The van der Waals surface area contributed by atoms with Crippen molar-refractivity contribution < 1.29 is 9.47 Å². The Kier molecular flexibility index (Phi) is 9.88. The van der Waals surface area contributed by atoms with Gasteiger partial charge < -0.3 is 24.6 Å². The number of nitrogens with zero attached hydrogens (tertiary/aromatic N) is 3. The van der Waals surface area contributed by atoms with Gasteiger partial charge in [-0.3, -0.25) is 4.99 Å². The number of methoxy groups -OCH3 is 2. The van der Waals surface area contributed by atoms with Gasteiger partial charge >= 0.3 is 0 Å². The lowest BCUT2D eigenvalue weighted by molar-refractivity contribution is 0.268. The van der Waals surface area contributed by atoms with E-state index in [0.29, 0.717) is 12.6 Å². The Hall–Kier alpha value is -1.95. The topological polar surface area (TPSA) is 49.3 Å². The molecule has 148 valence electrons. The van der Waals surface area contributed by atoms with Gasteiger partial charge in [-0.25, -0.2) is 0 Å². The lowest BCUT2D eigenvalue weighted by atomic mass is 10.2. The average Bonchev–Trinajstić information content (AvgIpc) is 2.64. The Balaban J connectivity index is 2.50. The predicted molar refractivity (Wildman–Crippen MR) is 109 cm³/mol. The molecule has 0 saturated carbocycles. The summed E-state index contributed by atoms with van der Waals surface area (Å²) in [7, 11) is 9.36. The highest BCUT2D eigenvalue weighted by molar-refractivity contribution is 5.79. The van der Waals surface area contributed by atoms with E-state index in [2.05, 4.69) is 41.0 Å². The minimum atomic E-state index is 0.598. The third kappa shape index (κ3) is 7.12. The second-order valence-electron chi connectivity index (χ2n) is 6.79. The van der Waals surface area contributed by atoms with Crippen LogP contribution in [0.25, 0.3) is 0 Å². The van der Waals surface area contributed by atoms with Crippen molar-refractivity contribution in [3.63, 3.8) is 0 Å². The molecular weight excluding hydrogens is 328 g/mol. The van der Waals surface area contributed by atoms with Gasteiger partial charge in [0.2, 0.25) is 0 Å². The van der Waals surface area contributed by atoms with Gasteiger partial charge in [0.15, 0.2) is 5.96 Å². The lowest BCUT2D eigenvalue weighted by Crippen LogP contribution is -2.39. The number of unbranched alkanes of at least 4 members (excludes halogenated alkanes) is 1. The normalized spacial score (nSPS) is 11.8. The molecule has 0 spiro atoms. The first-order chi connectivity index (χ1) is 12.4. The van der Waals surface area contributed by atoms with Crippen molar-refractivity contribution in [3.05, 3.63) is 23.8 Å². The highest BCUT2D eigenvalue weighted by Gasteiger charge is 2.11. The number of aliphatic imine (C=N–C) groups is 1. The van der Waals surface area contributed by atoms with E-state index in [4.69, 9.17) is 9.47 Å². The maximum atomic E-state index is 5.49. The van der Waals surface area contributed by atoms with Crippen LogP contribution in [-0.4, -0.2) is 70.3 Å². The molecule has 1 aromatic rings. The first-order valence-corrected chi connectivity index (χ1v) is 9.25. The van der Waals surface area contributed by atoms with Crippen molar-refractivity contribution in [1.29, 1.82) is 0 Å². The van der Waals surface area contributed by atoms with Crippen LogP contribution < -0.4 is 14.8 Å². The first-order valence-electron chi connectivity index (χ1n) is 9.25. The summed E-state index contributed by atoms with van der Waals surface area (Å²) in [5, 5.41) is 3.44. The van der Waals surface area contributed by atoms with Crippen molar-refractivity contribution >= 4 is 5.96 Å². The van der Waals surface area contributed by atoms with Gasteiger partial charge in [-0.05, 0) is 52.4 Å². The number of benzene rings is 1. The van der Waals surface area contributed by atoms with Gasteiger partial charge in [0.05, 0.1) is 14.2 Å². The molecule has 0 saturated heterocycles. The maximum Gasteiger partial charge on any atom is 0.193 e. The van der Waals surface area contributed by atoms with Gasteiger partial charge in [-0.2, -0.15) is 0 Å². The molecule has 0 amide bonds. The Bertz CT molecular complexity index is 561. The third-order valence-corrected chi connectivity index (χ3v) is 4.58. The molecular formula is C20H36N4O2. The summed E-state index contributed by atoms with van der Waals surface area (Å²) < 4.78 is 10.7. The summed E-state index contributed by atoms with van der Waals surface area (Å²) in [6.45, 7) is 7.20. The van der Waals surface area contributed by atoms with Gasteiger partial charge in [-0.15, -0.1) is 0 Å². The van der Waals surface area contributed by atoms with E-state index in [1.807, 2.05) is 32.3 Å². The van der Waals surface area contributed by atoms with Crippen LogP contribution in [0.15, 0.2) is 23.2 Å². The van der Waals surface area contributed by atoms with Crippen LogP contribution in [0.5, 0.6) is 11.5 Å². The molecule has 1 aromatic carbocycles. The Morgan fingerprint density at radius 2 is 1.88 bits per heavy atom. The summed E-state index contributed by atoms with van der Waals surface area (Å²) in [4.78, 5) is 8.86. The van der Waals surface area contributed by atoms with Crippen LogP contribution >= 0.6 is 0 Å². The van der Waals surface area contributed by atoms with E-state index >= 15 is 0 Å². The van der Waals surface area contributed by atoms with E-state index in [1.54, 1.807) is 14.2 Å². The molecule has 0 aliphatic heterocycles. The summed E-state index contributed by atoms with van der Waals surface area (Å²) in [6.07, 6.45) is 2.30. The zero-order chi connectivity index (χ0) is 19.5. The van der Waals surface area contributed by atoms with Gasteiger partial charge in [0, 0.05) is 44.9 Å². The molecule has 0 radical (unpaired) electrons. The molecule has 0 bridgehead atoms. The summed E-state index contributed by atoms with van der Waals surface area (Å²) in [5.74, 6) is 2.51. The van der Waals surface area contributed by atoms with Crippen LogP contribution in [0.1, 0.15) is 32.3 Å². The van der Waals surface area contributed by atoms with Gasteiger partial charge in [0.1, 0.15) is 11.5 Å². The summed E-state index contributed by atoms with van der Waals surface area (Å²) in [6, 6.07) is 6.49. The molecule has 1 N–H and O–H groups in total. The predicted octanol–water partition coefficient (Wildman–Crippen LogP) is 2.83. The fourth-order valence-corrected chi connectivity index (χ4v) is 2.64. The molecule has 0 fully saturated rings. The fourth-order valence-electron chi connectivity index (χ4n) is 2.64. The maximum absolute atomic E-state index is 5.49. The van der Waals surface area contributed by atoms with Crippen LogP contribution in [0.3, 0.4) is 0 Å². The molecule has 0 unspecified atom stereocenters. The molecule has 26 heavy (non-hydrogen) atoms. The number of guanidine groups is 1. The Morgan fingerprint density at radius 1 is 1.15 bits per heavy atom. The number of ether oxygens (including phenoxy) is 2. The standard InChI is InChI=1S/C20H36N4O2/c1-16(2)23(4)13-9-8-12-22-20(21-3)24(5)15-17-10-11-18(25-6)14-19(17)26-7/h10-11,14,16H,8-9,12-13,15H2,1-7H3,(H,21,22). The minimum Gasteiger partial charge on any atom is -0.497 e. The molecule has 6 heteroatoms. The molecule has 0 aliphatic carbocycles. The highest BCUT2D eigenvalue weighted by Crippen LogP contribution is 2.25. The van der Waals surface area contributed by atoms with Crippen LogP contribution in [0.2, 0.25) is 0 Å². The molecule has 1 rings (SSSR count). The number of rotatable bonds is 10. The summed E-state index contributed by atoms with van der Waals surface area (Å²) >= 11 is 0. The highest BCUT2D eigenvalue weighted by atomic mass is 16.5. The van der Waals surface area contributed by atoms with E-state index in [1.165, 1.54) is 6.42 Å². The first kappa shape index (κ1) is 22.1. The number of hydrogen-bond acceptors (Lipinski definition) is 4. The Labute approximate surface area is 159 Å². The van der Waals surface area contributed by atoms with Crippen LogP contribution in [-0.2, 0) is 6.54 Å². The van der Waals surface area contributed by atoms with Gasteiger partial charge in [-0.1, -0.05) is 0 Å². The van der Waals surface area contributed by atoms with E-state index in [9.17, 15) is 0 Å². The van der Waals surface area contributed by atoms with E-state index in [0.717, 1.165) is 42.5 Å². The fraction of sp³-hybridized carbons (Fsp3) is 0.650. The second-order valence-corrected chi connectivity index (χ2v) is 6.79. The number of hydrogen-bond donors (Lipinski definition) is 1. The molecule has 0 atom stereocenters. The van der Waals surface area contributed by atoms with Crippen molar-refractivity contribution in [3.8, 4) is 11.5 Å². The molecule has 0 heterocycles. The van der Waals surface area contributed by atoms with Crippen LogP contribution in [0.4, 0.5) is 0 Å². The zero-order valence-corrected chi connectivity index (χ0v) is 17.5. The lowest BCUT2D eigenvalue weighted by Gasteiger charge is -2.24. The average molecular weight is 365 g/mol. The number of nitrogens with one attached hydrogen (secondary N) is 1. The Morgan fingerprint density at radius 3 is 2.46 bits per heavy atom. The van der Waals surface area contributed by atoms with E-state index < -0.39 is 0 Å². The largest absolute Gasteiger partial charge is 0.497 e. The molecule has 0 aromatic heterocycles. The third-order valence-electron chi connectivity index (χ3n) is 4.58. The van der Waals surface area contributed by atoms with Crippen molar-refractivity contribution in [2.24, 2.45) is 4.99 Å². The molecule has 6 nitrogen and oxygen atoms in total. The van der Waals surface area contributed by atoms with Gasteiger partial charge in [0.25, 0.3) is 0 Å². The van der Waals surface area contributed by atoms with Crippen molar-refractivity contribution in [1.82, 2.24) is 15.1 Å². The SMILES string of the molecule is CN=C(NCCCCN(C)C(C)C)N(C)Cc1ccc(OC)cc1OC. The smallest absolute Gasteiger partial charge is 0.193 e. The van der Waals surface area contributed by atoms with Crippen molar-refractivity contribution in [2.75, 3.05) is 48.5 Å². The minimum absolute atomic E-state index is 0.598.